The lowest BCUT2D eigenvalue weighted by Crippen LogP contribution is -2.49. The van der Waals surface area contributed by atoms with Gasteiger partial charge in [0.15, 0.2) is 0 Å². The summed E-state index contributed by atoms with van der Waals surface area (Å²) in [4.78, 5) is 30.9. The molecule has 1 aromatic heterocycles. The fraction of sp³-hybridized carbons (Fsp3) is 0.500. The van der Waals surface area contributed by atoms with Crippen molar-refractivity contribution in [2.75, 3.05) is 13.7 Å². The summed E-state index contributed by atoms with van der Waals surface area (Å²) in [5.74, 6) is 0.104. The number of hydrogen-bond donors (Lipinski definition) is 3. The van der Waals surface area contributed by atoms with Crippen molar-refractivity contribution >= 4 is 12.0 Å². The van der Waals surface area contributed by atoms with E-state index in [0.29, 0.717) is 30.8 Å². The van der Waals surface area contributed by atoms with Crippen molar-refractivity contribution in [2.24, 2.45) is 0 Å². The summed E-state index contributed by atoms with van der Waals surface area (Å²) in [6, 6.07) is 11.6. The highest BCUT2D eigenvalue weighted by molar-refractivity contribution is 5.94. The number of aliphatic hydroxyl groups is 1. The van der Waals surface area contributed by atoms with Gasteiger partial charge in [0.05, 0.1) is 13.2 Å². The molecule has 35 heavy (non-hydrogen) atoms. The van der Waals surface area contributed by atoms with E-state index < -0.39 is 6.10 Å². The molecule has 0 saturated carbocycles. The normalized spacial score (nSPS) is 25.9. The maximum atomic E-state index is 12.8. The summed E-state index contributed by atoms with van der Waals surface area (Å²) in [5, 5.41) is 16.8. The number of amides is 2. The molecule has 5 rings (SSSR count). The topological polar surface area (TPSA) is 113 Å². The highest BCUT2D eigenvalue weighted by atomic mass is 16.5. The summed E-state index contributed by atoms with van der Waals surface area (Å²) < 4.78 is 11.0. The number of nitrogens with zero attached hydrogens (tertiary/aromatic N) is 2. The van der Waals surface area contributed by atoms with Crippen molar-refractivity contribution in [3.8, 4) is 5.88 Å². The number of piperidine rings is 1. The number of aromatic nitrogens is 1. The van der Waals surface area contributed by atoms with Crippen LogP contribution >= 0.6 is 0 Å². The van der Waals surface area contributed by atoms with E-state index in [0.717, 1.165) is 19.3 Å². The molecule has 3 N–H and O–H groups in total. The molecule has 0 radical (unpaired) electrons. The van der Waals surface area contributed by atoms with Gasteiger partial charge in [-0.25, -0.2) is 9.78 Å². The first-order valence-electron chi connectivity index (χ1n) is 12.3. The average Bonchev–Trinajstić information content (AvgIpc) is 3.16. The standard InChI is InChI=1S/C26H32N4O5/c1-34-26(33)30-19-6-7-20(30)13-21(12-19)35-24-11-17(8-9-27-24)25(32)29-15-23(31)22-10-16-4-2-3-5-18(16)14-28-22/h2-5,8-9,11,19-23,28,31H,6-7,10,12-15H2,1H3,(H,29,32)/t19-,20+,21?,22-,23+/m0/s1. The van der Waals surface area contributed by atoms with E-state index in [4.69, 9.17) is 9.47 Å². The Hall–Kier alpha value is -3.17. The van der Waals surface area contributed by atoms with E-state index in [9.17, 15) is 14.7 Å². The second kappa shape index (κ2) is 10.2. The molecule has 9 nitrogen and oxygen atoms in total. The number of benzene rings is 1. The number of carbonyl (C=O) groups excluding carboxylic acids is 2. The largest absolute Gasteiger partial charge is 0.474 e. The molecular weight excluding hydrogens is 448 g/mol. The van der Waals surface area contributed by atoms with Crippen LogP contribution in [0.5, 0.6) is 5.88 Å². The summed E-state index contributed by atoms with van der Waals surface area (Å²) in [7, 11) is 1.41. The fourth-order valence-corrected chi connectivity index (χ4v) is 5.61. The first-order chi connectivity index (χ1) is 17.0. The number of rotatable bonds is 6. The van der Waals surface area contributed by atoms with E-state index in [1.54, 1.807) is 18.3 Å². The number of methoxy groups -OCH3 is 1. The first kappa shape index (κ1) is 23.6. The third-order valence-electron chi connectivity index (χ3n) is 7.41. The van der Waals surface area contributed by atoms with Crippen LogP contribution in [0.25, 0.3) is 0 Å². The number of aliphatic hydroxyl groups excluding tert-OH is 1. The predicted molar refractivity (Wildman–Crippen MR) is 128 cm³/mol. The van der Waals surface area contributed by atoms with Crippen molar-refractivity contribution in [1.29, 1.82) is 0 Å². The molecule has 1 unspecified atom stereocenters. The minimum absolute atomic E-state index is 0.0682. The van der Waals surface area contributed by atoms with Crippen LogP contribution in [-0.4, -0.2) is 71.0 Å². The lowest BCUT2D eigenvalue weighted by atomic mass is 9.93. The molecule has 0 spiro atoms. The Balaban J connectivity index is 1.14. The van der Waals surface area contributed by atoms with Crippen molar-refractivity contribution < 1.29 is 24.2 Å². The van der Waals surface area contributed by atoms with Crippen molar-refractivity contribution in [3.63, 3.8) is 0 Å². The quantitative estimate of drug-likeness (QED) is 0.580. The summed E-state index contributed by atoms with van der Waals surface area (Å²) in [6.45, 7) is 0.851. The Labute approximate surface area is 204 Å². The van der Waals surface area contributed by atoms with Crippen LogP contribution in [0.3, 0.4) is 0 Å². The monoisotopic (exact) mass is 480 g/mol. The molecule has 0 aliphatic carbocycles. The first-order valence-corrected chi connectivity index (χ1v) is 12.3. The van der Waals surface area contributed by atoms with Crippen LogP contribution in [0.4, 0.5) is 4.79 Å². The van der Waals surface area contributed by atoms with Crippen LogP contribution in [0.1, 0.15) is 47.2 Å². The number of hydrogen-bond acceptors (Lipinski definition) is 7. The molecule has 3 aliphatic rings. The molecule has 3 aliphatic heterocycles. The summed E-state index contributed by atoms with van der Waals surface area (Å²) >= 11 is 0. The van der Waals surface area contributed by atoms with Crippen LogP contribution < -0.4 is 15.4 Å². The van der Waals surface area contributed by atoms with Crippen LogP contribution in [0.15, 0.2) is 42.6 Å². The number of carbonyl (C=O) groups is 2. The maximum Gasteiger partial charge on any atom is 0.409 e. The maximum absolute atomic E-state index is 12.8. The van der Waals surface area contributed by atoms with Gasteiger partial charge in [0.25, 0.3) is 5.91 Å². The Kier molecular flexibility index (Phi) is 6.88. The number of fused-ring (bicyclic) bond motifs is 3. The highest BCUT2D eigenvalue weighted by Crippen LogP contribution is 2.37. The molecule has 186 valence electrons. The van der Waals surface area contributed by atoms with E-state index in [1.807, 2.05) is 17.0 Å². The van der Waals surface area contributed by atoms with Gasteiger partial charge >= 0.3 is 6.09 Å². The Morgan fingerprint density at radius 2 is 1.94 bits per heavy atom. The van der Waals surface area contributed by atoms with Gasteiger partial charge in [-0.1, -0.05) is 24.3 Å². The molecule has 2 fully saturated rings. The zero-order valence-electron chi connectivity index (χ0n) is 19.9. The van der Waals surface area contributed by atoms with Crippen LogP contribution in [0, 0.1) is 0 Å². The van der Waals surface area contributed by atoms with Gasteiger partial charge < -0.3 is 30.1 Å². The smallest absolute Gasteiger partial charge is 0.409 e. The van der Waals surface area contributed by atoms with E-state index in [2.05, 4.69) is 27.8 Å². The molecular formula is C26H32N4O5. The predicted octanol–water partition coefficient (Wildman–Crippen LogP) is 2.03. The van der Waals surface area contributed by atoms with Gasteiger partial charge in [-0.05, 0) is 36.5 Å². The zero-order valence-corrected chi connectivity index (χ0v) is 19.9. The number of pyridine rings is 1. The Bertz CT molecular complexity index is 1070. The second-order valence-electron chi connectivity index (χ2n) is 9.59. The van der Waals surface area contributed by atoms with Crippen molar-refractivity contribution in [2.45, 2.75) is 69.0 Å². The van der Waals surface area contributed by atoms with Crippen molar-refractivity contribution in [1.82, 2.24) is 20.5 Å². The van der Waals surface area contributed by atoms with Gasteiger partial charge in [0.1, 0.15) is 6.10 Å². The SMILES string of the molecule is COC(=O)N1[C@@H]2CC[C@H]1CC(Oc1cc(C(=O)NC[C@@H](O)[C@@H]3Cc4ccccc4CN3)ccn1)C2. The van der Waals surface area contributed by atoms with Crippen molar-refractivity contribution in [3.05, 3.63) is 59.3 Å². The Morgan fingerprint density at radius 3 is 2.69 bits per heavy atom. The summed E-state index contributed by atoms with van der Waals surface area (Å²) in [6.07, 6.45) is 4.54. The molecule has 2 saturated heterocycles. The van der Waals surface area contributed by atoms with Gasteiger partial charge in [-0.3, -0.25) is 4.79 Å². The fourth-order valence-electron chi connectivity index (χ4n) is 5.61. The van der Waals surface area contributed by atoms with E-state index >= 15 is 0 Å². The molecule has 4 heterocycles. The third kappa shape index (κ3) is 5.11. The van der Waals surface area contributed by atoms with Gasteiger partial charge in [-0.15, -0.1) is 0 Å². The minimum atomic E-state index is -0.708. The highest BCUT2D eigenvalue weighted by Gasteiger charge is 2.44. The minimum Gasteiger partial charge on any atom is -0.474 e. The zero-order chi connectivity index (χ0) is 24.4. The molecule has 9 heteroatoms. The van der Waals surface area contributed by atoms with E-state index in [-0.39, 0.29) is 42.8 Å². The Morgan fingerprint density at radius 1 is 1.20 bits per heavy atom. The third-order valence-corrected chi connectivity index (χ3v) is 7.41. The molecule has 1 aromatic carbocycles. The van der Waals surface area contributed by atoms with Crippen LogP contribution in [0.2, 0.25) is 0 Å². The molecule has 5 atom stereocenters. The average molecular weight is 481 g/mol. The number of nitrogens with one attached hydrogen (secondary N) is 2. The second-order valence-corrected chi connectivity index (χ2v) is 9.59. The number of ether oxygens (including phenoxy) is 2. The summed E-state index contributed by atoms with van der Waals surface area (Å²) in [5.41, 5.74) is 2.90. The van der Waals surface area contributed by atoms with Crippen LogP contribution in [-0.2, 0) is 17.7 Å². The van der Waals surface area contributed by atoms with Gasteiger partial charge in [-0.2, -0.15) is 0 Å². The van der Waals surface area contributed by atoms with Gasteiger partial charge in [0, 0.05) is 61.9 Å². The molecule has 2 bridgehead atoms. The lowest BCUT2D eigenvalue weighted by Gasteiger charge is -2.37. The lowest BCUT2D eigenvalue weighted by molar-refractivity contribution is 0.0399. The van der Waals surface area contributed by atoms with Gasteiger partial charge in [0.2, 0.25) is 5.88 Å². The molecule has 2 aromatic rings. The molecule has 2 amide bonds. The van der Waals surface area contributed by atoms with E-state index in [1.165, 1.54) is 18.2 Å².